The van der Waals surface area contributed by atoms with E-state index in [1.54, 1.807) is 0 Å². The summed E-state index contributed by atoms with van der Waals surface area (Å²) in [7, 11) is 0. The molecular weight excluding hydrogens is 569 g/mol. The molecule has 0 spiro atoms. The van der Waals surface area contributed by atoms with Gasteiger partial charge in [0.1, 0.15) is 11.2 Å². The van der Waals surface area contributed by atoms with Crippen LogP contribution < -0.4 is 0 Å². The molecular formula is C46H28O. The van der Waals surface area contributed by atoms with Gasteiger partial charge in [-0.15, -0.1) is 0 Å². The standard InChI is InChI=1S/C46H28O/c1-2-13-29(14-3-1)31-17-12-18-33(27-31)42-36-21-8-10-23-38(36)43(39-24-11-9-22-37(39)42)45-34-19-6-5-16-32(34)28-41-44(45)40-26-25-30-15-4-7-20-35(30)46(40)47-41/h1-28H. The van der Waals surface area contributed by atoms with Gasteiger partial charge in [-0.1, -0.05) is 152 Å². The molecule has 10 aromatic rings. The van der Waals surface area contributed by atoms with Crippen LogP contribution in [0.4, 0.5) is 0 Å². The molecule has 1 heterocycles. The lowest BCUT2D eigenvalue weighted by atomic mass is 9.83. The first kappa shape index (κ1) is 26.1. The highest BCUT2D eigenvalue weighted by atomic mass is 16.3. The summed E-state index contributed by atoms with van der Waals surface area (Å²) in [5.41, 5.74) is 9.24. The van der Waals surface area contributed by atoms with Crippen LogP contribution >= 0.6 is 0 Å². The summed E-state index contributed by atoms with van der Waals surface area (Å²) in [5, 5.41) is 12.0. The van der Waals surface area contributed by atoms with Crippen LogP contribution in [0.15, 0.2) is 174 Å². The number of rotatable bonds is 3. The van der Waals surface area contributed by atoms with E-state index in [1.165, 1.54) is 76.5 Å². The molecule has 0 amide bonds. The van der Waals surface area contributed by atoms with Crippen LogP contribution in [0.3, 0.4) is 0 Å². The molecule has 0 atom stereocenters. The van der Waals surface area contributed by atoms with Crippen LogP contribution in [0.1, 0.15) is 0 Å². The minimum Gasteiger partial charge on any atom is -0.455 e. The topological polar surface area (TPSA) is 13.1 Å². The van der Waals surface area contributed by atoms with Crippen molar-refractivity contribution < 1.29 is 4.42 Å². The monoisotopic (exact) mass is 596 g/mol. The Hall–Kier alpha value is -6.18. The maximum absolute atomic E-state index is 6.81. The van der Waals surface area contributed by atoms with Gasteiger partial charge < -0.3 is 4.42 Å². The molecule has 0 bridgehead atoms. The lowest BCUT2D eigenvalue weighted by molar-refractivity contribution is 0.673. The SMILES string of the molecule is c1ccc(-c2cccc(-c3c4ccccc4c(-c4c5ccccc5cc5oc6c7ccccc7ccc6c45)c4ccccc34)c2)cc1. The third kappa shape index (κ3) is 3.90. The summed E-state index contributed by atoms with van der Waals surface area (Å²) >= 11 is 0. The van der Waals surface area contributed by atoms with Crippen molar-refractivity contribution in [2.75, 3.05) is 0 Å². The Morgan fingerprint density at radius 2 is 0.851 bits per heavy atom. The van der Waals surface area contributed by atoms with Gasteiger partial charge in [-0.05, 0) is 83.7 Å². The predicted octanol–water partition coefficient (Wildman–Crippen LogP) is 13.2. The van der Waals surface area contributed by atoms with E-state index in [4.69, 9.17) is 4.42 Å². The van der Waals surface area contributed by atoms with Gasteiger partial charge in [-0.3, -0.25) is 0 Å². The molecule has 0 aliphatic heterocycles. The van der Waals surface area contributed by atoms with Crippen LogP contribution in [-0.4, -0.2) is 0 Å². The molecule has 1 heteroatoms. The Morgan fingerprint density at radius 3 is 1.57 bits per heavy atom. The van der Waals surface area contributed by atoms with E-state index in [2.05, 4.69) is 170 Å². The second-order valence-electron chi connectivity index (χ2n) is 12.4. The summed E-state index contributed by atoms with van der Waals surface area (Å²) in [6, 6.07) is 61.5. The number of hydrogen-bond donors (Lipinski definition) is 0. The Balaban J connectivity index is 1.38. The van der Waals surface area contributed by atoms with E-state index in [0.717, 1.165) is 21.9 Å². The molecule has 1 nitrogen and oxygen atoms in total. The Morgan fingerprint density at radius 1 is 0.298 bits per heavy atom. The number of benzene rings is 9. The molecule has 10 rings (SSSR count). The van der Waals surface area contributed by atoms with Gasteiger partial charge in [-0.2, -0.15) is 0 Å². The lowest BCUT2D eigenvalue weighted by Gasteiger charge is -2.20. The van der Waals surface area contributed by atoms with Crippen molar-refractivity contribution in [2.24, 2.45) is 0 Å². The number of fused-ring (bicyclic) bond motifs is 8. The van der Waals surface area contributed by atoms with E-state index < -0.39 is 0 Å². The van der Waals surface area contributed by atoms with Crippen LogP contribution in [0.5, 0.6) is 0 Å². The summed E-state index contributed by atoms with van der Waals surface area (Å²) < 4.78 is 6.81. The fraction of sp³-hybridized carbons (Fsp3) is 0. The van der Waals surface area contributed by atoms with Gasteiger partial charge >= 0.3 is 0 Å². The molecule has 1 aromatic heterocycles. The highest BCUT2D eigenvalue weighted by Gasteiger charge is 2.23. The van der Waals surface area contributed by atoms with Gasteiger partial charge in [0.2, 0.25) is 0 Å². The van der Waals surface area contributed by atoms with Crippen molar-refractivity contribution in [3.63, 3.8) is 0 Å². The molecule has 0 saturated heterocycles. The Kier molecular flexibility index (Phi) is 5.64. The van der Waals surface area contributed by atoms with Gasteiger partial charge in [0.25, 0.3) is 0 Å². The third-order valence-corrected chi connectivity index (χ3v) is 9.81. The van der Waals surface area contributed by atoms with E-state index in [9.17, 15) is 0 Å². The summed E-state index contributed by atoms with van der Waals surface area (Å²) in [6.07, 6.45) is 0. The molecule has 218 valence electrons. The molecule has 0 saturated carbocycles. The first-order chi connectivity index (χ1) is 23.3. The second-order valence-corrected chi connectivity index (χ2v) is 12.4. The van der Waals surface area contributed by atoms with Crippen molar-refractivity contribution in [3.8, 4) is 33.4 Å². The highest BCUT2D eigenvalue weighted by Crippen LogP contribution is 2.50. The molecule has 9 aromatic carbocycles. The minimum absolute atomic E-state index is 0.915. The first-order valence-corrected chi connectivity index (χ1v) is 16.2. The molecule has 0 aliphatic rings. The average molecular weight is 597 g/mol. The van der Waals surface area contributed by atoms with Crippen molar-refractivity contribution >= 4 is 65.0 Å². The van der Waals surface area contributed by atoms with E-state index in [1.807, 2.05) is 0 Å². The first-order valence-electron chi connectivity index (χ1n) is 16.2. The predicted molar refractivity (Wildman–Crippen MR) is 200 cm³/mol. The van der Waals surface area contributed by atoms with Gasteiger partial charge in [0.05, 0.1) is 0 Å². The zero-order valence-corrected chi connectivity index (χ0v) is 25.6. The second kappa shape index (κ2) is 10.2. The van der Waals surface area contributed by atoms with Gasteiger partial charge in [0.15, 0.2) is 0 Å². The fourth-order valence-electron chi connectivity index (χ4n) is 7.78. The normalized spacial score (nSPS) is 11.8. The fourth-order valence-corrected chi connectivity index (χ4v) is 7.78. The maximum Gasteiger partial charge on any atom is 0.143 e. The van der Waals surface area contributed by atoms with E-state index >= 15 is 0 Å². The van der Waals surface area contributed by atoms with Crippen LogP contribution in [0.25, 0.3) is 98.4 Å². The maximum atomic E-state index is 6.81. The van der Waals surface area contributed by atoms with E-state index in [-0.39, 0.29) is 0 Å². The smallest absolute Gasteiger partial charge is 0.143 e. The van der Waals surface area contributed by atoms with Gasteiger partial charge in [-0.25, -0.2) is 0 Å². The van der Waals surface area contributed by atoms with E-state index in [0.29, 0.717) is 0 Å². The molecule has 0 fully saturated rings. The minimum atomic E-state index is 0.915. The van der Waals surface area contributed by atoms with Crippen molar-refractivity contribution in [1.82, 2.24) is 0 Å². The molecule has 0 N–H and O–H groups in total. The van der Waals surface area contributed by atoms with Crippen molar-refractivity contribution in [3.05, 3.63) is 170 Å². The Bertz CT molecular complexity index is 2780. The van der Waals surface area contributed by atoms with Crippen molar-refractivity contribution in [1.29, 1.82) is 0 Å². The zero-order valence-electron chi connectivity index (χ0n) is 25.6. The third-order valence-electron chi connectivity index (χ3n) is 9.81. The molecule has 0 radical (unpaired) electrons. The summed E-state index contributed by atoms with van der Waals surface area (Å²) in [6.45, 7) is 0. The van der Waals surface area contributed by atoms with Crippen LogP contribution in [0, 0.1) is 0 Å². The molecule has 0 aliphatic carbocycles. The largest absolute Gasteiger partial charge is 0.455 e. The quantitative estimate of drug-likeness (QED) is 0.185. The zero-order chi connectivity index (χ0) is 30.9. The Labute approximate surface area is 271 Å². The van der Waals surface area contributed by atoms with Gasteiger partial charge in [0, 0.05) is 21.7 Å². The van der Waals surface area contributed by atoms with Crippen molar-refractivity contribution in [2.45, 2.75) is 0 Å². The summed E-state index contributed by atoms with van der Waals surface area (Å²) in [5.74, 6) is 0. The molecule has 47 heavy (non-hydrogen) atoms. The average Bonchev–Trinajstić information content (AvgIpc) is 3.52. The summed E-state index contributed by atoms with van der Waals surface area (Å²) in [4.78, 5) is 0. The molecule has 0 unspecified atom stereocenters. The number of furan rings is 1. The van der Waals surface area contributed by atoms with Crippen LogP contribution in [-0.2, 0) is 0 Å². The van der Waals surface area contributed by atoms with Crippen LogP contribution in [0.2, 0.25) is 0 Å². The number of hydrogen-bond acceptors (Lipinski definition) is 1. The highest BCUT2D eigenvalue weighted by molar-refractivity contribution is 6.31. The lowest BCUT2D eigenvalue weighted by Crippen LogP contribution is -1.92.